The number of fused-ring (bicyclic) bond motifs is 1. The lowest BCUT2D eigenvalue weighted by atomic mass is 9.93. The minimum atomic E-state index is -0.711. The molecular formula is C14H18N4O2. The molecule has 0 radical (unpaired) electrons. The second-order valence-electron chi connectivity index (χ2n) is 5.32. The van der Waals surface area contributed by atoms with Gasteiger partial charge in [-0.2, -0.15) is 0 Å². The first kappa shape index (κ1) is 12.9. The van der Waals surface area contributed by atoms with Crippen molar-refractivity contribution in [3.8, 4) is 0 Å². The topological polar surface area (TPSA) is 82.1 Å². The molecule has 2 aromatic rings. The molecule has 0 saturated carbocycles. The Balaban J connectivity index is 1.76. The predicted molar refractivity (Wildman–Crippen MR) is 75.7 cm³/mol. The minimum Gasteiger partial charge on any atom is -0.481 e. The van der Waals surface area contributed by atoms with Gasteiger partial charge in [-0.3, -0.25) is 4.79 Å². The van der Waals surface area contributed by atoms with Crippen molar-refractivity contribution in [2.45, 2.75) is 25.7 Å². The molecule has 6 heteroatoms. The summed E-state index contributed by atoms with van der Waals surface area (Å²) in [6.07, 6.45) is 6.63. The zero-order valence-corrected chi connectivity index (χ0v) is 11.2. The number of aromatic amines is 1. The number of hydrogen-bond acceptors (Lipinski definition) is 4. The van der Waals surface area contributed by atoms with Gasteiger partial charge in [-0.05, 0) is 31.2 Å². The van der Waals surface area contributed by atoms with Crippen LogP contribution >= 0.6 is 0 Å². The SMILES string of the molecule is O=C(O)CCC1CCCN(c2ncnc3[nH]ccc23)C1. The number of carboxylic acid groups (broad SMARTS) is 1. The first-order chi connectivity index (χ1) is 9.74. The summed E-state index contributed by atoms with van der Waals surface area (Å²) in [4.78, 5) is 24.7. The standard InChI is InChI=1S/C14H18N4O2/c19-12(20)4-3-10-2-1-7-18(8-10)14-11-5-6-15-13(11)16-9-17-14/h5-6,9-10H,1-4,7-8H2,(H,19,20)(H,15,16,17). The summed E-state index contributed by atoms with van der Waals surface area (Å²) < 4.78 is 0. The van der Waals surface area contributed by atoms with E-state index in [1.54, 1.807) is 6.33 Å². The van der Waals surface area contributed by atoms with Crippen LogP contribution in [0, 0.1) is 5.92 Å². The Hall–Kier alpha value is -2.11. The van der Waals surface area contributed by atoms with Crippen molar-refractivity contribution in [1.82, 2.24) is 15.0 Å². The first-order valence-corrected chi connectivity index (χ1v) is 6.99. The van der Waals surface area contributed by atoms with Gasteiger partial charge < -0.3 is 15.0 Å². The molecule has 106 valence electrons. The Morgan fingerprint density at radius 2 is 2.40 bits per heavy atom. The highest BCUT2D eigenvalue weighted by molar-refractivity contribution is 5.87. The number of piperidine rings is 1. The molecule has 3 heterocycles. The lowest BCUT2D eigenvalue weighted by Crippen LogP contribution is -2.36. The first-order valence-electron chi connectivity index (χ1n) is 6.99. The molecule has 1 fully saturated rings. The lowest BCUT2D eigenvalue weighted by Gasteiger charge is -2.33. The number of anilines is 1. The molecule has 0 spiro atoms. The van der Waals surface area contributed by atoms with Crippen LogP contribution < -0.4 is 4.90 Å². The van der Waals surface area contributed by atoms with Crippen molar-refractivity contribution in [3.05, 3.63) is 18.6 Å². The minimum absolute atomic E-state index is 0.252. The smallest absolute Gasteiger partial charge is 0.303 e. The summed E-state index contributed by atoms with van der Waals surface area (Å²) in [5, 5.41) is 9.84. The maximum absolute atomic E-state index is 10.7. The number of nitrogens with one attached hydrogen (secondary N) is 1. The van der Waals surface area contributed by atoms with Gasteiger partial charge in [-0.25, -0.2) is 9.97 Å². The highest BCUT2D eigenvalue weighted by Gasteiger charge is 2.23. The fourth-order valence-corrected chi connectivity index (χ4v) is 2.93. The van der Waals surface area contributed by atoms with Crippen LogP contribution in [0.15, 0.2) is 18.6 Å². The van der Waals surface area contributed by atoms with Gasteiger partial charge in [0.25, 0.3) is 0 Å². The van der Waals surface area contributed by atoms with E-state index in [1.165, 1.54) is 0 Å². The summed E-state index contributed by atoms with van der Waals surface area (Å²) in [5.74, 6) is 0.678. The third-order valence-electron chi connectivity index (χ3n) is 3.92. The van der Waals surface area contributed by atoms with Crippen molar-refractivity contribution in [3.63, 3.8) is 0 Å². The van der Waals surface area contributed by atoms with Crippen molar-refractivity contribution in [2.75, 3.05) is 18.0 Å². The maximum Gasteiger partial charge on any atom is 0.303 e. The number of nitrogens with zero attached hydrogens (tertiary/aromatic N) is 3. The molecule has 1 aliphatic rings. The fraction of sp³-hybridized carbons (Fsp3) is 0.500. The van der Waals surface area contributed by atoms with E-state index in [0.717, 1.165) is 49.2 Å². The number of rotatable bonds is 4. The number of H-pyrrole nitrogens is 1. The van der Waals surface area contributed by atoms with Crippen LogP contribution in [0.4, 0.5) is 5.82 Å². The van der Waals surface area contributed by atoms with Gasteiger partial charge in [-0.15, -0.1) is 0 Å². The normalized spacial score (nSPS) is 19.4. The lowest BCUT2D eigenvalue weighted by molar-refractivity contribution is -0.137. The summed E-state index contributed by atoms with van der Waals surface area (Å²) in [7, 11) is 0. The summed E-state index contributed by atoms with van der Waals surface area (Å²) in [5.41, 5.74) is 0.850. The van der Waals surface area contributed by atoms with Crippen LogP contribution in [-0.4, -0.2) is 39.1 Å². The molecule has 20 heavy (non-hydrogen) atoms. The van der Waals surface area contributed by atoms with Gasteiger partial charge in [-0.1, -0.05) is 0 Å². The highest BCUT2D eigenvalue weighted by Crippen LogP contribution is 2.28. The maximum atomic E-state index is 10.7. The number of aliphatic carboxylic acids is 1. The molecule has 0 bridgehead atoms. The molecule has 6 nitrogen and oxygen atoms in total. The second kappa shape index (κ2) is 5.48. The van der Waals surface area contributed by atoms with Crippen molar-refractivity contribution in [1.29, 1.82) is 0 Å². The third-order valence-corrected chi connectivity index (χ3v) is 3.92. The van der Waals surface area contributed by atoms with E-state index < -0.39 is 5.97 Å². The molecule has 2 N–H and O–H groups in total. The molecular weight excluding hydrogens is 256 g/mol. The fourth-order valence-electron chi connectivity index (χ4n) is 2.93. The van der Waals surface area contributed by atoms with E-state index in [-0.39, 0.29) is 6.42 Å². The van der Waals surface area contributed by atoms with Crippen molar-refractivity contribution in [2.24, 2.45) is 5.92 Å². The predicted octanol–water partition coefficient (Wildman–Crippen LogP) is 2.04. The number of hydrogen-bond donors (Lipinski definition) is 2. The van der Waals surface area contributed by atoms with Crippen LogP contribution in [-0.2, 0) is 4.79 Å². The van der Waals surface area contributed by atoms with Crippen LogP contribution in [0.3, 0.4) is 0 Å². The third kappa shape index (κ3) is 2.59. The van der Waals surface area contributed by atoms with Gasteiger partial charge in [0.1, 0.15) is 17.8 Å². The molecule has 3 rings (SSSR count). The Labute approximate surface area is 116 Å². The summed E-state index contributed by atoms with van der Waals surface area (Å²) in [6, 6.07) is 1.99. The molecule has 0 amide bonds. The van der Waals surface area contributed by atoms with E-state index in [1.807, 2.05) is 12.3 Å². The Kier molecular flexibility index (Phi) is 3.54. The van der Waals surface area contributed by atoms with Crippen LogP contribution in [0.25, 0.3) is 11.0 Å². The van der Waals surface area contributed by atoms with Crippen LogP contribution in [0.5, 0.6) is 0 Å². The Bertz CT molecular complexity index is 610. The van der Waals surface area contributed by atoms with E-state index in [2.05, 4.69) is 19.9 Å². The van der Waals surface area contributed by atoms with Crippen LogP contribution in [0.1, 0.15) is 25.7 Å². The average Bonchev–Trinajstić information content (AvgIpc) is 2.93. The zero-order valence-electron chi connectivity index (χ0n) is 11.2. The molecule has 1 unspecified atom stereocenters. The molecule has 1 atom stereocenters. The number of carbonyl (C=O) groups is 1. The quantitative estimate of drug-likeness (QED) is 0.891. The zero-order chi connectivity index (χ0) is 13.9. The number of carboxylic acids is 1. The van der Waals surface area contributed by atoms with Crippen LogP contribution in [0.2, 0.25) is 0 Å². The average molecular weight is 274 g/mol. The molecule has 1 saturated heterocycles. The van der Waals surface area contributed by atoms with Gasteiger partial charge in [0, 0.05) is 25.7 Å². The van der Waals surface area contributed by atoms with E-state index >= 15 is 0 Å². The molecule has 0 aliphatic carbocycles. The molecule has 0 aromatic carbocycles. The Morgan fingerprint density at radius 1 is 1.50 bits per heavy atom. The largest absolute Gasteiger partial charge is 0.481 e. The molecule has 2 aromatic heterocycles. The van der Waals surface area contributed by atoms with Gasteiger partial charge >= 0.3 is 5.97 Å². The monoisotopic (exact) mass is 274 g/mol. The van der Waals surface area contributed by atoms with E-state index in [0.29, 0.717) is 5.92 Å². The van der Waals surface area contributed by atoms with Gasteiger partial charge in [0.05, 0.1) is 5.39 Å². The molecule has 1 aliphatic heterocycles. The Morgan fingerprint density at radius 3 is 3.25 bits per heavy atom. The highest BCUT2D eigenvalue weighted by atomic mass is 16.4. The van der Waals surface area contributed by atoms with Gasteiger partial charge in [0.15, 0.2) is 0 Å². The summed E-state index contributed by atoms with van der Waals surface area (Å²) in [6.45, 7) is 1.85. The van der Waals surface area contributed by atoms with E-state index in [9.17, 15) is 4.79 Å². The van der Waals surface area contributed by atoms with Crippen molar-refractivity contribution >= 4 is 22.8 Å². The van der Waals surface area contributed by atoms with Gasteiger partial charge in [0.2, 0.25) is 0 Å². The number of aromatic nitrogens is 3. The summed E-state index contributed by atoms with van der Waals surface area (Å²) >= 11 is 0. The van der Waals surface area contributed by atoms with Crippen molar-refractivity contribution < 1.29 is 9.90 Å². The van der Waals surface area contributed by atoms with E-state index in [4.69, 9.17) is 5.11 Å². The second-order valence-corrected chi connectivity index (χ2v) is 5.32.